The Morgan fingerprint density at radius 2 is 1.97 bits per heavy atom. The second kappa shape index (κ2) is 9.34. The van der Waals surface area contributed by atoms with Crippen molar-refractivity contribution >= 4 is 29.0 Å². The molecule has 3 rings (SSSR count). The zero-order valence-electron chi connectivity index (χ0n) is 18.4. The standard InChI is InChI=1S/C23H27N5O2S/c1-6-23(4,5)25-21(29)20(17-8-7-11-24-13-17)28(22(30)19-14-31-27-26-19)18-10-9-15(2)16(3)12-18/h7-14,20H,6H2,1-5H3,(H,25,29)/t20-/m1/s1. The molecule has 0 saturated heterocycles. The number of hydrogen-bond donors (Lipinski definition) is 1. The summed E-state index contributed by atoms with van der Waals surface area (Å²) in [5.74, 6) is -0.676. The molecule has 0 fully saturated rings. The minimum atomic E-state index is -0.921. The van der Waals surface area contributed by atoms with Gasteiger partial charge in [0.25, 0.3) is 5.91 Å². The van der Waals surface area contributed by atoms with Crippen LogP contribution in [0.3, 0.4) is 0 Å². The Morgan fingerprint density at radius 1 is 1.19 bits per heavy atom. The number of nitrogens with one attached hydrogen (secondary N) is 1. The molecule has 0 aliphatic rings. The topological polar surface area (TPSA) is 88.1 Å². The van der Waals surface area contributed by atoms with Crippen molar-refractivity contribution in [2.24, 2.45) is 0 Å². The first-order chi connectivity index (χ1) is 14.7. The van der Waals surface area contributed by atoms with E-state index >= 15 is 0 Å². The third-order valence-electron chi connectivity index (χ3n) is 5.42. The van der Waals surface area contributed by atoms with E-state index in [9.17, 15) is 9.59 Å². The Labute approximate surface area is 186 Å². The van der Waals surface area contributed by atoms with Crippen LogP contribution in [0, 0.1) is 13.8 Å². The molecule has 8 heteroatoms. The Hall–Kier alpha value is -3.13. The Kier molecular flexibility index (Phi) is 6.80. The number of rotatable bonds is 7. The van der Waals surface area contributed by atoms with E-state index in [1.54, 1.807) is 29.9 Å². The second-order valence-corrected chi connectivity index (χ2v) is 8.76. The van der Waals surface area contributed by atoms with Crippen molar-refractivity contribution in [3.8, 4) is 0 Å². The van der Waals surface area contributed by atoms with E-state index in [-0.39, 0.29) is 11.6 Å². The highest BCUT2D eigenvalue weighted by molar-refractivity contribution is 7.03. The predicted molar refractivity (Wildman–Crippen MR) is 122 cm³/mol. The average molecular weight is 438 g/mol. The van der Waals surface area contributed by atoms with Crippen molar-refractivity contribution < 1.29 is 9.59 Å². The molecule has 7 nitrogen and oxygen atoms in total. The van der Waals surface area contributed by atoms with Crippen molar-refractivity contribution in [1.29, 1.82) is 0 Å². The van der Waals surface area contributed by atoms with Crippen LogP contribution in [-0.4, -0.2) is 31.9 Å². The number of hydrogen-bond acceptors (Lipinski definition) is 6. The minimum Gasteiger partial charge on any atom is -0.349 e. The summed E-state index contributed by atoms with van der Waals surface area (Å²) in [7, 11) is 0. The maximum absolute atomic E-state index is 13.6. The molecule has 1 aromatic carbocycles. The van der Waals surface area contributed by atoms with Gasteiger partial charge in [0.2, 0.25) is 5.91 Å². The molecule has 0 bridgehead atoms. The number of aromatic nitrogens is 3. The molecule has 1 atom stereocenters. The summed E-state index contributed by atoms with van der Waals surface area (Å²) < 4.78 is 3.83. The van der Waals surface area contributed by atoms with Crippen LogP contribution in [-0.2, 0) is 4.79 Å². The van der Waals surface area contributed by atoms with Crippen LogP contribution < -0.4 is 10.2 Å². The third kappa shape index (κ3) is 5.14. The molecule has 3 aromatic rings. The lowest BCUT2D eigenvalue weighted by Crippen LogP contribution is -2.50. The largest absolute Gasteiger partial charge is 0.349 e. The molecule has 0 aliphatic carbocycles. The Morgan fingerprint density at radius 3 is 2.55 bits per heavy atom. The Balaban J connectivity index is 2.17. The number of carbonyl (C=O) groups is 2. The van der Waals surface area contributed by atoms with Crippen LogP contribution in [0.25, 0.3) is 0 Å². The van der Waals surface area contributed by atoms with Gasteiger partial charge in [-0.05, 0) is 75.0 Å². The van der Waals surface area contributed by atoms with Gasteiger partial charge in [0, 0.05) is 34.6 Å². The van der Waals surface area contributed by atoms with Gasteiger partial charge < -0.3 is 5.32 Å². The first-order valence-electron chi connectivity index (χ1n) is 10.1. The van der Waals surface area contributed by atoms with Gasteiger partial charge in [-0.25, -0.2) is 0 Å². The highest BCUT2D eigenvalue weighted by atomic mass is 32.1. The van der Waals surface area contributed by atoms with Gasteiger partial charge >= 0.3 is 0 Å². The maximum Gasteiger partial charge on any atom is 0.280 e. The number of aryl methyl sites for hydroxylation is 2. The lowest BCUT2D eigenvalue weighted by Gasteiger charge is -2.34. The SMILES string of the molecule is CCC(C)(C)NC(=O)[C@@H](c1cccnc1)N(C(=O)c1csnn1)c1ccc(C)c(C)c1. The van der Waals surface area contributed by atoms with Gasteiger partial charge in [-0.1, -0.05) is 23.5 Å². The van der Waals surface area contributed by atoms with Crippen molar-refractivity contribution in [3.05, 3.63) is 70.5 Å². The molecule has 0 saturated carbocycles. The molecular weight excluding hydrogens is 410 g/mol. The average Bonchev–Trinajstić information content (AvgIpc) is 3.29. The van der Waals surface area contributed by atoms with Crippen molar-refractivity contribution in [1.82, 2.24) is 19.9 Å². The number of nitrogens with zero attached hydrogens (tertiary/aromatic N) is 4. The first-order valence-corrected chi connectivity index (χ1v) is 11.0. The number of pyridine rings is 1. The van der Waals surface area contributed by atoms with Crippen molar-refractivity contribution in [2.75, 3.05) is 4.90 Å². The molecule has 2 amide bonds. The number of carbonyl (C=O) groups excluding carboxylic acids is 2. The molecule has 31 heavy (non-hydrogen) atoms. The Bertz CT molecular complexity index is 1050. The van der Waals surface area contributed by atoms with Gasteiger partial charge in [-0.15, -0.1) is 5.10 Å². The maximum atomic E-state index is 13.6. The molecule has 1 N–H and O–H groups in total. The van der Waals surface area contributed by atoms with E-state index < -0.39 is 17.5 Å². The van der Waals surface area contributed by atoms with Crippen LogP contribution in [0.5, 0.6) is 0 Å². The van der Waals surface area contributed by atoms with Crippen LogP contribution in [0.4, 0.5) is 5.69 Å². The third-order valence-corrected chi connectivity index (χ3v) is 5.92. The smallest absolute Gasteiger partial charge is 0.280 e. The molecule has 0 unspecified atom stereocenters. The van der Waals surface area contributed by atoms with Crippen molar-refractivity contribution in [3.63, 3.8) is 0 Å². The molecule has 0 radical (unpaired) electrons. The minimum absolute atomic E-state index is 0.194. The van der Waals surface area contributed by atoms with E-state index in [0.29, 0.717) is 11.3 Å². The highest BCUT2D eigenvalue weighted by Crippen LogP contribution is 2.31. The lowest BCUT2D eigenvalue weighted by molar-refractivity contribution is -0.124. The van der Waals surface area contributed by atoms with Gasteiger partial charge in [-0.3, -0.25) is 19.5 Å². The molecule has 0 spiro atoms. The lowest BCUT2D eigenvalue weighted by atomic mass is 9.98. The molecule has 2 aromatic heterocycles. The van der Waals surface area contributed by atoms with Crippen LogP contribution in [0.2, 0.25) is 0 Å². The van der Waals surface area contributed by atoms with E-state index in [4.69, 9.17) is 0 Å². The van der Waals surface area contributed by atoms with E-state index in [1.807, 2.05) is 52.8 Å². The van der Waals surface area contributed by atoms with Crippen LogP contribution in [0.15, 0.2) is 48.1 Å². The monoisotopic (exact) mass is 437 g/mol. The van der Waals surface area contributed by atoms with Crippen molar-refractivity contribution in [2.45, 2.75) is 52.6 Å². The summed E-state index contributed by atoms with van der Waals surface area (Å²) in [4.78, 5) is 32.9. The fourth-order valence-corrected chi connectivity index (χ4v) is 3.52. The predicted octanol–water partition coefficient (Wildman–Crippen LogP) is 4.24. The highest BCUT2D eigenvalue weighted by Gasteiger charge is 2.36. The molecule has 0 aliphatic heterocycles. The zero-order valence-corrected chi connectivity index (χ0v) is 19.2. The van der Waals surface area contributed by atoms with Gasteiger partial charge in [0.1, 0.15) is 6.04 Å². The van der Waals surface area contributed by atoms with Crippen LogP contribution >= 0.6 is 11.5 Å². The quantitative estimate of drug-likeness (QED) is 0.597. The molecule has 162 valence electrons. The molecular formula is C23H27N5O2S. The van der Waals surface area contributed by atoms with Crippen LogP contribution in [0.1, 0.15) is 60.4 Å². The number of amides is 2. The first kappa shape index (κ1) is 22.6. The van der Waals surface area contributed by atoms with Gasteiger partial charge in [0.15, 0.2) is 5.69 Å². The summed E-state index contributed by atoms with van der Waals surface area (Å²) in [6.45, 7) is 9.90. The van der Waals surface area contributed by atoms with Gasteiger partial charge in [0.05, 0.1) is 0 Å². The zero-order chi connectivity index (χ0) is 22.6. The van der Waals surface area contributed by atoms with E-state index in [1.165, 1.54) is 4.90 Å². The normalized spacial score (nSPS) is 12.3. The summed E-state index contributed by atoms with van der Waals surface area (Å²) in [5, 5.41) is 8.63. The number of benzene rings is 1. The van der Waals surface area contributed by atoms with E-state index in [0.717, 1.165) is 29.1 Å². The fourth-order valence-electron chi connectivity index (χ4n) is 3.09. The van der Waals surface area contributed by atoms with E-state index in [2.05, 4.69) is 19.9 Å². The summed E-state index contributed by atoms with van der Waals surface area (Å²) >= 11 is 1.09. The summed E-state index contributed by atoms with van der Waals surface area (Å²) in [6.07, 6.45) is 4.00. The number of anilines is 1. The summed E-state index contributed by atoms with van der Waals surface area (Å²) in [6, 6.07) is 8.34. The molecule has 2 heterocycles. The fraction of sp³-hybridized carbons (Fsp3) is 0.348. The summed E-state index contributed by atoms with van der Waals surface area (Å²) in [5.41, 5.74) is 3.10. The second-order valence-electron chi connectivity index (χ2n) is 8.15. The van der Waals surface area contributed by atoms with Gasteiger partial charge in [-0.2, -0.15) is 0 Å².